The summed E-state index contributed by atoms with van der Waals surface area (Å²) in [6.07, 6.45) is 1.58. The Bertz CT molecular complexity index is 1080. The maximum atomic E-state index is 13.1. The molecule has 0 aliphatic heterocycles. The number of carbonyl (C=O) groups is 1. The minimum atomic E-state index is -0.207. The van der Waals surface area contributed by atoms with Gasteiger partial charge in [0.05, 0.1) is 12.1 Å². The molecule has 0 radical (unpaired) electrons. The third kappa shape index (κ3) is 4.29. The van der Waals surface area contributed by atoms with E-state index in [1.54, 1.807) is 35.4 Å². The Labute approximate surface area is 173 Å². The van der Waals surface area contributed by atoms with Gasteiger partial charge in [0.25, 0.3) is 11.5 Å². The van der Waals surface area contributed by atoms with Crippen LogP contribution in [-0.4, -0.2) is 17.0 Å². The first-order valence-corrected chi connectivity index (χ1v) is 9.68. The molecule has 144 valence electrons. The number of aromatic nitrogens is 1. The van der Waals surface area contributed by atoms with Crippen LogP contribution in [0.4, 0.5) is 5.69 Å². The van der Waals surface area contributed by atoms with E-state index in [9.17, 15) is 9.59 Å². The molecule has 6 heteroatoms. The zero-order chi connectivity index (χ0) is 20.3. The molecule has 1 heterocycles. The van der Waals surface area contributed by atoms with E-state index in [1.165, 1.54) is 10.6 Å². The lowest BCUT2D eigenvalue weighted by Gasteiger charge is -2.23. The first-order valence-electron chi connectivity index (χ1n) is 8.92. The number of hydrogen-bond acceptors (Lipinski definition) is 2. The fourth-order valence-corrected chi connectivity index (χ4v) is 3.53. The molecule has 3 rings (SSSR count). The van der Waals surface area contributed by atoms with Crippen LogP contribution >= 0.6 is 23.2 Å². The number of benzene rings is 2. The number of rotatable bonds is 5. The Morgan fingerprint density at radius 2 is 1.82 bits per heavy atom. The summed E-state index contributed by atoms with van der Waals surface area (Å²) < 4.78 is 1.48. The van der Waals surface area contributed by atoms with Crippen molar-refractivity contribution in [3.63, 3.8) is 0 Å². The quantitative estimate of drug-likeness (QED) is 0.577. The average molecular weight is 415 g/mol. The highest BCUT2D eigenvalue weighted by Crippen LogP contribution is 2.23. The van der Waals surface area contributed by atoms with Crippen molar-refractivity contribution in [1.82, 2.24) is 4.57 Å². The maximum Gasteiger partial charge on any atom is 0.259 e. The Balaban J connectivity index is 1.95. The largest absolute Gasteiger partial charge is 0.310 e. The van der Waals surface area contributed by atoms with Crippen LogP contribution in [0.25, 0.3) is 0 Å². The summed E-state index contributed by atoms with van der Waals surface area (Å²) in [5, 5.41) is 1.01. The van der Waals surface area contributed by atoms with Gasteiger partial charge in [-0.05, 0) is 49.2 Å². The second-order valence-corrected chi connectivity index (χ2v) is 7.30. The molecule has 0 bridgehead atoms. The van der Waals surface area contributed by atoms with Gasteiger partial charge >= 0.3 is 0 Å². The molecule has 2 aromatic carbocycles. The van der Waals surface area contributed by atoms with Crippen molar-refractivity contribution in [2.24, 2.45) is 0 Å². The van der Waals surface area contributed by atoms with Crippen molar-refractivity contribution in [3.8, 4) is 0 Å². The summed E-state index contributed by atoms with van der Waals surface area (Å²) >= 11 is 12.2. The zero-order valence-electron chi connectivity index (χ0n) is 15.7. The number of carbonyl (C=O) groups excluding carboxylic acids is 1. The molecule has 4 nitrogen and oxygen atoms in total. The first-order chi connectivity index (χ1) is 13.4. The van der Waals surface area contributed by atoms with Crippen molar-refractivity contribution < 1.29 is 4.79 Å². The predicted molar refractivity (Wildman–Crippen MR) is 115 cm³/mol. The van der Waals surface area contributed by atoms with Gasteiger partial charge in [-0.3, -0.25) is 9.59 Å². The molecule has 1 aromatic heterocycles. The van der Waals surface area contributed by atoms with E-state index >= 15 is 0 Å². The first kappa shape index (κ1) is 20.2. The number of anilines is 1. The Morgan fingerprint density at radius 1 is 1.07 bits per heavy atom. The molecule has 0 spiro atoms. The van der Waals surface area contributed by atoms with Gasteiger partial charge in [0.2, 0.25) is 0 Å². The molecule has 0 saturated carbocycles. The molecule has 0 aliphatic carbocycles. The number of para-hydroxylation sites is 1. The maximum absolute atomic E-state index is 13.1. The zero-order valence-corrected chi connectivity index (χ0v) is 17.2. The van der Waals surface area contributed by atoms with Crippen LogP contribution in [0, 0.1) is 6.92 Å². The number of hydrogen-bond donors (Lipinski definition) is 0. The van der Waals surface area contributed by atoms with Crippen molar-refractivity contribution in [2.45, 2.75) is 20.4 Å². The molecule has 28 heavy (non-hydrogen) atoms. The molecule has 0 unspecified atom stereocenters. The van der Waals surface area contributed by atoms with E-state index in [2.05, 4.69) is 0 Å². The van der Waals surface area contributed by atoms with Crippen molar-refractivity contribution in [3.05, 3.63) is 97.9 Å². The number of halogens is 2. The monoisotopic (exact) mass is 414 g/mol. The molecule has 1 amide bonds. The normalized spacial score (nSPS) is 10.7. The van der Waals surface area contributed by atoms with Crippen molar-refractivity contribution in [1.29, 1.82) is 0 Å². The highest BCUT2D eigenvalue weighted by molar-refractivity contribution is 6.35. The highest BCUT2D eigenvalue weighted by Gasteiger charge is 2.18. The second kappa shape index (κ2) is 8.63. The molecule has 0 saturated heterocycles. The fraction of sp³-hybridized carbons (Fsp3) is 0.182. The van der Waals surface area contributed by atoms with Gasteiger partial charge < -0.3 is 9.47 Å². The van der Waals surface area contributed by atoms with Gasteiger partial charge in [0.1, 0.15) is 0 Å². The lowest BCUT2D eigenvalue weighted by atomic mass is 10.1. The standard InChI is InChI=1S/C22H20Cl2N2O2/c1-3-26(20-7-5-4-6-15(20)2)22(28)17-9-11-21(27)25(14-17)13-16-8-10-18(23)12-19(16)24/h4-12,14H,3,13H2,1-2H3. The van der Waals surface area contributed by atoms with Gasteiger partial charge in [-0.25, -0.2) is 0 Å². The minimum Gasteiger partial charge on any atom is -0.310 e. The molecule has 0 fully saturated rings. The minimum absolute atomic E-state index is 0.159. The van der Waals surface area contributed by atoms with E-state index in [4.69, 9.17) is 23.2 Å². The molecular weight excluding hydrogens is 395 g/mol. The van der Waals surface area contributed by atoms with E-state index in [0.717, 1.165) is 16.8 Å². The Kier molecular flexibility index (Phi) is 6.22. The second-order valence-electron chi connectivity index (χ2n) is 6.46. The summed E-state index contributed by atoms with van der Waals surface area (Å²) in [6, 6.07) is 15.8. The van der Waals surface area contributed by atoms with Crippen molar-refractivity contribution in [2.75, 3.05) is 11.4 Å². The third-order valence-electron chi connectivity index (χ3n) is 4.55. The van der Waals surface area contributed by atoms with Gasteiger partial charge in [-0.2, -0.15) is 0 Å². The fourth-order valence-electron chi connectivity index (χ4n) is 3.06. The highest BCUT2D eigenvalue weighted by atomic mass is 35.5. The van der Waals surface area contributed by atoms with Crippen LogP contribution < -0.4 is 10.5 Å². The van der Waals surface area contributed by atoms with Gasteiger partial charge in [-0.15, -0.1) is 0 Å². The Hall–Kier alpha value is -2.56. The predicted octanol–water partition coefficient (Wildman–Crippen LogP) is 5.18. The lowest BCUT2D eigenvalue weighted by molar-refractivity contribution is 0.0987. The summed E-state index contributed by atoms with van der Waals surface area (Å²) in [4.78, 5) is 27.1. The topological polar surface area (TPSA) is 42.3 Å². The van der Waals surface area contributed by atoms with Crippen molar-refractivity contribution >= 4 is 34.8 Å². The van der Waals surface area contributed by atoms with Crippen LogP contribution in [0.3, 0.4) is 0 Å². The van der Waals surface area contributed by atoms with Gasteiger partial charge in [0, 0.05) is 34.5 Å². The number of amides is 1. The Morgan fingerprint density at radius 3 is 2.50 bits per heavy atom. The SMILES string of the molecule is CCN(C(=O)c1ccc(=O)n(Cc2ccc(Cl)cc2Cl)c1)c1ccccc1C. The molecule has 0 atom stereocenters. The summed E-state index contributed by atoms with van der Waals surface area (Å²) in [5.41, 5.74) is 2.85. The van der Waals surface area contributed by atoms with Crippen LogP contribution in [-0.2, 0) is 6.54 Å². The van der Waals surface area contributed by atoms with Crippen LogP contribution in [0.1, 0.15) is 28.4 Å². The lowest BCUT2D eigenvalue weighted by Crippen LogP contribution is -2.32. The van der Waals surface area contributed by atoms with E-state index in [1.807, 2.05) is 38.1 Å². The van der Waals surface area contributed by atoms with Crippen LogP contribution in [0.2, 0.25) is 10.0 Å². The number of aryl methyl sites for hydroxylation is 1. The van der Waals surface area contributed by atoms with Gasteiger partial charge in [0.15, 0.2) is 0 Å². The molecule has 0 aliphatic rings. The van der Waals surface area contributed by atoms with E-state index in [0.29, 0.717) is 22.2 Å². The van der Waals surface area contributed by atoms with Crippen LogP contribution in [0.15, 0.2) is 65.6 Å². The molecular formula is C22H20Cl2N2O2. The average Bonchev–Trinajstić information content (AvgIpc) is 2.67. The van der Waals surface area contributed by atoms with Gasteiger partial charge in [-0.1, -0.05) is 47.5 Å². The smallest absolute Gasteiger partial charge is 0.259 e. The summed E-state index contributed by atoms with van der Waals surface area (Å²) in [7, 11) is 0. The summed E-state index contributed by atoms with van der Waals surface area (Å²) in [5.74, 6) is -0.159. The summed E-state index contributed by atoms with van der Waals surface area (Å²) in [6.45, 7) is 4.67. The van der Waals surface area contributed by atoms with E-state index < -0.39 is 0 Å². The third-order valence-corrected chi connectivity index (χ3v) is 5.14. The molecule has 3 aromatic rings. The number of pyridine rings is 1. The van der Waals surface area contributed by atoms with Crippen LogP contribution in [0.5, 0.6) is 0 Å². The van der Waals surface area contributed by atoms with E-state index in [-0.39, 0.29) is 18.0 Å². The number of nitrogens with zero attached hydrogens (tertiary/aromatic N) is 2. The molecule has 0 N–H and O–H groups in total.